The lowest BCUT2D eigenvalue weighted by atomic mass is 9.86. The highest BCUT2D eigenvalue weighted by molar-refractivity contribution is 9.10. The van der Waals surface area contributed by atoms with Crippen LogP contribution in [-0.4, -0.2) is 18.2 Å². The maximum atomic E-state index is 11.8. The number of carbonyl (C=O) groups is 1. The largest absolute Gasteiger partial charge is 0.445 e. The van der Waals surface area contributed by atoms with Crippen molar-refractivity contribution in [2.24, 2.45) is 0 Å². The molecule has 0 saturated heterocycles. The van der Waals surface area contributed by atoms with Crippen LogP contribution in [0.2, 0.25) is 5.02 Å². The van der Waals surface area contributed by atoms with Gasteiger partial charge < -0.3 is 15.4 Å². The van der Waals surface area contributed by atoms with Crippen LogP contribution in [0.3, 0.4) is 0 Å². The topological polar surface area (TPSA) is 50.4 Å². The molecular weight excluding hydrogens is 392 g/mol. The van der Waals surface area contributed by atoms with E-state index in [1.54, 1.807) is 0 Å². The summed E-state index contributed by atoms with van der Waals surface area (Å²) in [6, 6.07) is 15.8. The Morgan fingerprint density at radius 3 is 2.67 bits per heavy atom. The predicted molar refractivity (Wildman–Crippen MR) is 99.3 cm³/mol. The molecule has 0 aromatic heterocycles. The van der Waals surface area contributed by atoms with Crippen molar-refractivity contribution in [2.45, 2.75) is 31.5 Å². The first kappa shape index (κ1) is 17.1. The highest BCUT2D eigenvalue weighted by atomic mass is 79.9. The van der Waals surface area contributed by atoms with E-state index in [0.29, 0.717) is 11.1 Å². The van der Waals surface area contributed by atoms with Gasteiger partial charge in [-0.05, 0) is 36.6 Å². The molecule has 6 heteroatoms. The Balaban J connectivity index is 1.39. The molecule has 2 aromatic carbocycles. The van der Waals surface area contributed by atoms with Gasteiger partial charge in [0, 0.05) is 16.6 Å². The summed E-state index contributed by atoms with van der Waals surface area (Å²) in [6.07, 6.45) is 1.33. The molecule has 0 atom stereocenters. The van der Waals surface area contributed by atoms with Crippen molar-refractivity contribution >= 4 is 39.3 Å². The Morgan fingerprint density at radius 1 is 1.17 bits per heavy atom. The highest BCUT2D eigenvalue weighted by Crippen LogP contribution is 2.30. The second-order valence-corrected chi connectivity index (χ2v) is 7.16. The number of nitrogens with one attached hydrogen (secondary N) is 2. The molecule has 0 radical (unpaired) electrons. The standard InChI is InChI=1S/C18H18BrClN2O2/c19-13-6-7-16(20)17(8-13)21-14-9-15(10-14)22-18(23)24-11-12-4-2-1-3-5-12/h1-8,14-15,21H,9-11H2,(H,22,23). The number of anilines is 1. The third kappa shape index (κ3) is 4.65. The van der Waals surface area contributed by atoms with Gasteiger partial charge in [0.05, 0.1) is 10.7 Å². The monoisotopic (exact) mass is 408 g/mol. The molecule has 1 amide bonds. The van der Waals surface area contributed by atoms with Crippen LogP contribution < -0.4 is 10.6 Å². The van der Waals surface area contributed by atoms with Gasteiger partial charge in [-0.3, -0.25) is 0 Å². The molecule has 0 bridgehead atoms. The lowest BCUT2D eigenvalue weighted by Gasteiger charge is -2.36. The molecule has 1 saturated carbocycles. The molecule has 4 nitrogen and oxygen atoms in total. The molecule has 0 unspecified atom stereocenters. The minimum Gasteiger partial charge on any atom is -0.445 e. The average molecular weight is 410 g/mol. The van der Waals surface area contributed by atoms with Gasteiger partial charge in [-0.1, -0.05) is 57.9 Å². The van der Waals surface area contributed by atoms with Crippen LogP contribution in [0.1, 0.15) is 18.4 Å². The van der Waals surface area contributed by atoms with E-state index in [1.165, 1.54) is 0 Å². The lowest BCUT2D eigenvalue weighted by Crippen LogP contribution is -2.49. The van der Waals surface area contributed by atoms with Crippen molar-refractivity contribution in [1.29, 1.82) is 0 Å². The zero-order valence-corrected chi connectivity index (χ0v) is 15.3. The van der Waals surface area contributed by atoms with E-state index in [-0.39, 0.29) is 18.7 Å². The summed E-state index contributed by atoms with van der Waals surface area (Å²) < 4.78 is 6.20. The Morgan fingerprint density at radius 2 is 1.92 bits per heavy atom. The molecule has 24 heavy (non-hydrogen) atoms. The number of ether oxygens (including phenoxy) is 1. The van der Waals surface area contributed by atoms with E-state index < -0.39 is 0 Å². The molecule has 1 aliphatic carbocycles. The number of benzene rings is 2. The van der Waals surface area contributed by atoms with Gasteiger partial charge in [-0.2, -0.15) is 0 Å². The van der Waals surface area contributed by atoms with Crippen molar-refractivity contribution in [3.63, 3.8) is 0 Å². The summed E-state index contributed by atoms with van der Waals surface area (Å²) >= 11 is 9.60. The Bertz CT molecular complexity index is 705. The summed E-state index contributed by atoms with van der Waals surface area (Å²) in [7, 11) is 0. The van der Waals surface area contributed by atoms with Gasteiger partial charge >= 0.3 is 6.09 Å². The van der Waals surface area contributed by atoms with E-state index in [0.717, 1.165) is 28.6 Å². The fourth-order valence-electron chi connectivity index (χ4n) is 2.61. The Hall–Kier alpha value is -1.72. The van der Waals surface area contributed by atoms with Gasteiger partial charge in [0.15, 0.2) is 0 Å². The molecule has 0 heterocycles. The van der Waals surface area contributed by atoms with Crippen molar-refractivity contribution < 1.29 is 9.53 Å². The first-order chi connectivity index (χ1) is 11.6. The summed E-state index contributed by atoms with van der Waals surface area (Å²) in [6.45, 7) is 0.286. The third-order valence-electron chi connectivity index (χ3n) is 3.96. The van der Waals surface area contributed by atoms with Crippen LogP contribution >= 0.6 is 27.5 Å². The normalized spacial score (nSPS) is 19.2. The van der Waals surface area contributed by atoms with Crippen molar-refractivity contribution in [2.75, 3.05) is 5.32 Å². The SMILES string of the molecule is O=C(NC1CC(Nc2cc(Br)ccc2Cl)C1)OCc1ccccc1. The number of carbonyl (C=O) groups excluding carboxylic acids is 1. The van der Waals surface area contributed by atoms with Gasteiger partial charge in [-0.25, -0.2) is 4.79 Å². The zero-order chi connectivity index (χ0) is 16.9. The van der Waals surface area contributed by atoms with Crippen molar-refractivity contribution in [1.82, 2.24) is 5.32 Å². The van der Waals surface area contributed by atoms with E-state index in [9.17, 15) is 4.79 Å². The number of alkyl carbamates (subject to hydrolysis) is 1. The van der Waals surface area contributed by atoms with Crippen LogP contribution in [0.4, 0.5) is 10.5 Å². The molecule has 0 spiro atoms. The number of hydrogen-bond donors (Lipinski definition) is 2. The summed E-state index contributed by atoms with van der Waals surface area (Å²) in [5, 5.41) is 6.97. The van der Waals surface area contributed by atoms with E-state index in [2.05, 4.69) is 26.6 Å². The van der Waals surface area contributed by atoms with Crippen LogP contribution in [-0.2, 0) is 11.3 Å². The third-order valence-corrected chi connectivity index (χ3v) is 4.78. The summed E-state index contributed by atoms with van der Waals surface area (Å²) in [5.41, 5.74) is 1.88. The minimum atomic E-state index is -0.372. The molecule has 126 valence electrons. The highest BCUT2D eigenvalue weighted by Gasteiger charge is 2.31. The molecule has 0 aliphatic heterocycles. The number of hydrogen-bond acceptors (Lipinski definition) is 3. The van der Waals surface area contributed by atoms with Gasteiger partial charge in [0.2, 0.25) is 0 Å². The summed E-state index contributed by atoms with van der Waals surface area (Å²) in [4.78, 5) is 11.8. The fourth-order valence-corrected chi connectivity index (χ4v) is 3.15. The molecular formula is C18H18BrClN2O2. The molecule has 1 fully saturated rings. The zero-order valence-electron chi connectivity index (χ0n) is 13.0. The number of rotatable bonds is 5. The lowest BCUT2D eigenvalue weighted by molar-refractivity contribution is 0.129. The molecule has 2 N–H and O–H groups in total. The van der Waals surface area contributed by atoms with Crippen molar-refractivity contribution in [3.05, 3.63) is 63.6 Å². The Kier molecular flexibility index (Phi) is 5.63. The maximum absolute atomic E-state index is 11.8. The van der Waals surface area contributed by atoms with Crippen molar-refractivity contribution in [3.8, 4) is 0 Å². The van der Waals surface area contributed by atoms with Crippen LogP contribution in [0.25, 0.3) is 0 Å². The quantitative estimate of drug-likeness (QED) is 0.733. The van der Waals surface area contributed by atoms with Gasteiger partial charge in [-0.15, -0.1) is 0 Å². The van der Waals surface area contributed by atoms with Gasteiger partial charge in [0.25, 0.3) is 0 Å². The minimum absolute atomic E-state index is 0.136. The van der Waals surface area contributed by atoms with Crippen LogP contribution in [0.15, 0.2) is 53.0 Å². The summed E-state index contributed by atoms with van der Waals surface area (Å²) in [5.74, 6) is 0. The van der Waals surface area contributed by atoms with Crippen LogP contribution in [0.5, 0.6) is 0 Å². The molecule has 2 aromatic rings. The maximum Gasteiger partial charge on any atom is 0.407 e. The van der Waals surface area contributed by atoms with Crippen LogP contribution in [0, 0.1) is 0 Å². The first-order valence-electron chi connectivity index (χ1n) is 7.79. The average Bonchev–Trinajstić information content (AvgIpc) is 2.55. The van der Waals surface area contributed by atoms with E-state index in [1.807, 2.05) is 48.5 Å². The van der Waals surface area contributed by atoms with E-state index >= 15 is 0 Å². The van der Waals surface area contributed by atoms with Gasteiger partial charge in [0.1, 0.15) is 6.61 Å². The second kappa shape index (κ2) is 7.90. The predicted octanol–water partition coefficient (Wildman–Crippen LogP) is 4.97. The second-order valence-electron chi connectivity index (χ2n) is 5.84. The smallest absolute Gasteiger partial charge is 0.407 e. The first-order valence-corrected chi connectivity index (χ1v) is 8.96. The molecule has 3 rings (SSSR count). The number of amides is 1. The Labute approximate surface area is 154 Å². The fraction of sp³-hybridized carbons (Fsp3) is 0.278. The number of halogens is 2. The van der Waals surface area contributed by atoms with E-state index in [4.69, 9.17) is 16.3 Å². The molecule has 1 aliphatic rings.